The van der Waals surface area contributed by atoms with Crippen molar-refractivity contribution in [2.45, 2.75) is 13.8 Å². The third kappa shape index (κ3) is 3.66. The Kier molecular flexibility index (Phi) is 4.24. The topological polar surface area (TPSA) is 41.1 Å². The molecule has 0 aliphatic rings. The van der Waals surface area contributed by atoms with Gasteiger partial charge in [-0.2, -0.15) is 4.98 Å². The van der Waals surface area contributed by atoms with E-state index in [1.165, 1.54) is 5.56 Å². The number of rotatable bonds is 4. The van der Waals surface area contributed by atoms with Crippen LogP contribution in [-0.4, -0.2) is 17.0 Å². The van der Waals surface area contributed by atoms with Gasteiger partial charge in [-0.05, 0) is 38.1 Å². The highest BCUT2D eigenvalue weighted by molar-refractivity contribution is 5.62. The Morgan fingerprint density at radius 2 is 1.57 bits per heavy atom. The van der Waals surface area contributed by atoms with Crippen LogP contribution in [0.25, 0.3) is 0 Å². The molecule has 4 nitrogen and oxygen atoms in total. The van der Waals surface area contributed by atoms with Gasteiger partial charge in [0.2, 0.25) is 5.95 Å². The van der Waals surface area contributed by atoms with Crippen molar-refractivity contribution in [1.29, 1.82) is 0 Å². The Labute approximate surface area is 136 Å². The van der Waals surface area contributed by atoms with E-state index in [2.05, 4.69) is 51.4 Å². The number of aryl methyl sites for hydroxylation is 2. The lowest BCUT2D eigenvalue weighted by Crippen LogP contribution is -2.13. The monoisotopic (exact) mass is 304 g/mol. The van der Waals surface area contributed by atoms with Crippen molar-refractivity contribution in [3.63, 3.8) is 0 Å². The van der Waals surface area contributed by atoms with E-state index in [0.29, 0.717) is 5.95 Å². The standard InChI is InChI=1S/C19H20N4/c1-14-9-11-16(12-10-14)21-19-20-15(2)13-18(22-19)23(3)17-7-5-4-6-8-17/h4-13H,1-3H3,(H,20,21,22). The van der Waals surface area contributed by atoms with Crippen molar-refractivity contribution >= 4 is 23.1 Å². The minimum absolute atomic E-state index is 0.603. The van der Waals surface area contributed by atoms with Crippen LogP contribution < -0.4 is 10.2 Å². The van der Waals surface area contributed by atoms with Gasteiger partial charge < -0.3 is 10.2 Å². The summed E-state index contributed by atoms with van der Waals surface area (Å²) in [4.78, 5) is 11.2. The molecule has 1 heterocycles. The first-order chi connectivity index (χ1) is 11.1. The molecule has 0 fully saturated rings. The summed E-state index contributed by atoms with van der Waals surface area (Å²) in [6.07, 6.45) is 0. The fourth-order valence-corrected chi connectivity index (χ4v) is 2.33. The number of hydrogen-bond donors (Lipinski definition) is 1. The van der Waals surface area contributed by atoms with Crippen molar-refractivity contribution in [2.75, 3.05) is 17.3 Å². The van der Waals surface area contributed by atoms with Gasteiger partial charge in [-0.3, -0.25) is 0 Å². The van der Waals surface area contributed by atoms with Gasteiger partial charge in [-0.1, -0.05) is 35.9 Å². The van der Waals surface area contributed by atoms with Crippen LogP contribution in [0.5, 0.6) is 0 Å². The van der Waals surface area contributed by atoms with Gasteiger partial charge in [0.25, 0.3) is 0 Å². The first-order valence-corrected chi connectivity index (χ1v) is 7.60. The molecular formula is C19H20N4. The normalized spacial score (nSPS) is 10.4. The quantitative estimate of drug-likeness (QED) is 0.764. The van der Waals surface area contributed by atoms with E-state index in [0.717, 1.165) is 22.9 Å². The summed E-state index contributed by atoms with van der Waals surface area (Å²) in [7, 11) is 2.01. The highest BCUT2D eigenvalue weighted by Crippen LogP contribution is 2.23. The van der Waals surface area contributed by atoms with Crippen LogP contribution in [0.4, 0.5) is 23.1 Å². The van der Waals surface area contributed by atoms with E-state index in [9.17, 15) is 0 Å². The minimum atomic E-state index is 0.603. The SMILES string of the molecule is Cc1ccc(Nc2nc(C)cc(N(C)c3ccccc3)n2)cc1. The second kappa shape index (κ2) is 6.48. The van der Waals surface area contributed by atoms with Gasteiger partial charge in [0.1, 0.15) is 5.82 Å². The maximum atomic E-state index is 4.63. The first kappa shape index (κ1) is 15.0. The number of benzene rings is 2. The van der Waals surface area contributed by atoms with Gasteiger partial charge in [-0.15, -0.1) is 0 Å². The number of aromatic nitrogens is 2. The number of hydrogen-bond acceptors (Lipinski definition) is 4. The Morgan fingerprint density at radius 3 is 2.26 bits per heavy atom. The zero-order valence-corrected chi connectivity index (χ0v) is 13.6. The second-order valence-corrected chi connectivity index (χ2v) is 5.58. The molecule has 0 atom stereocenters. The van der Waals surface area contributed by atoms with Gasteiger partial charge in [0.05, 0.1) is 0 Å². The van der Waals surface area contributed by atoms with Crippen LogP contribution in [0.3, 0.4) is 0 Å². The molecular weight excluding hydrogens is 284 g/mol. The van der Waals surface area contributed by atoms with Crippen molar-refractivity contribution in [2.24, 2.45) is 0 Å². The molecule has 1 N–H and O–H groups in total. The van der Waals surface area contributed by atoms with E-state index in [-0.39, 0.29) is 0 Å². The smallest absolute Gasteiger partial charge is 0.229 e. The lowest BCUT2D eigenvalue weighted by molar-refractivity contribution is 1.05. The van der Waals surface area contributed by atoms with Gasteiger partial charge in [-0.25, -0.2) is 4.98 Å². The molecule has 0 saturated carbocycles. The Balaban J connectivity index is 1.88. The summed E-state index contributed by atoms with van der Waals surface area (Å²) in [6, 6.07) is 20.3. The largest absolute Gasteiger partial charge is 0.329 e. The summed E-state index contributed by atoms with van der Waals surface area (Å²) in [6.45, 7) is 4.05. The number of nitrogens with zero attached hydrogens (tertiary/aromatic N) is 3. The average molecular weight is 304 g/mol. The summed E-state index contributed by atoms with van der Waals surface area (Å²) in [5, 5.41) is 3.27. The highest BCUT2D eigenvalue weighted by Gasteiger charge is 2.08. The minimum Gasteiger partial charge on any atom is -0.329 e. The van der Waals surface area contributed by atoms with Crippen LogP contribution in [0.15, 0.2) is 60.7 Å². The Morgan fingerprint density at radius 1 is 0.870 bits per heavy atom. The lowest BCUT2D eigenvalue weighted by atomic mass is 10.2. The van der Waals surface area contributed by atoms with E-state index in [4.69, 9.17) is 0 Å². The summed E-state index contributed by atoms with van der Waals surface area (Å²) in [5.41, 5.74) is 4.22. The van der Waals surface area contributed by atoms with E-state index in [1.54, 1.807) is 0 Å². The van der Waals surface area contributed by atoms with E-state index >= 15 is 0 Å². The van der Waals surface area contributed by atoms with Crippen LogP contribution in [0.1, 0.15) is 11.3 Å². The second-order valence-electron chi connectivity index (χ2n) is 5.58. The van der Waals surface area contributed by atoms with Crippen LogP contribution in [-0.2, 0) is 0 Å². The highest BCUT2D eigenvalue weighted by atomic mass is 15.2. The van der Waals surface area contributed by atoms with Crippen LogP contribution in [0.2, 0.25) is 0 Å². The number of para-hydroxylation sites is 1. The molecule has 0 radical (unpaired) electrons. The van der Waals surface area contributed by atoms with Crippen molar-refractivity contribution < 1.29 is 0 Å². The molecule has 1 aromatic heterocycles. The molecule has 3 aromatic rings. The van der Waals surface area contributed by atoms with E-state index in [1.807, 2.05) is 50.4 Å². The summed E-state index contributed by atoms with van der Waals surface area (Å²) >= 11 is 0. The fourth-order valence-electron chi connectivity index (χ4n) is 2.33. The number of anilines is 4. The molecule has 4 heteroatoms. The third-order valence-corrected chi connectivity index (χ3v) is 3.64. The molecule has 23 heavy (non-hydrogen) atoms. The zero-order chi connectivity index (χ0) is 16.2. The predicted octanol–water partition coefficient (Wildman–Crippen LogP) is 4.60. The molecule has 0 bridgehead atoms. The number of nitrogens with one attached hydrogen (secondary N) is 1. The molecule has 0 aliphatic carbocycles. The molecule has 0 aliphatic heterocycles. The summed E-state index contributed by atoms with van der Waals surface area (Å²) < 4.78 is 0. The maximum absolute atomic E-state index is 4.63. The maximum Gasteiger partial charge on any atom is 0.229 e. The van der Waals surface area contributed by atoms with Gasteiger partial charge in [0.15, 0.2) is 0 Å². The molecule has 0 amide bonds. The average Bonchev–Trinajstić information content (AvgIpc) is 2.56. The fraction of sp³-hybridized carbons (Fsp3) is 0.158. The predicted molar refractivity (Wildman–Crippen MR) is 95.7 cm³/mol. The van der Waals surface area contributed by atoms with E-state index < -0.39 is 0 Å². The molecule has 2 aromatic carbocycles. The van der Waals surface area contributed by atoms with Crippen LogP contribution >= 0.6 is 0 Å². The van der Waals surface area contributed by atoms with Gasteiger partial charge >= 0.3 is 0 Å². The first-order valence-electron chi connectivity index (χ1n) is 7.60. The Hall–Kier alpha value is -2.88. The third-order valence-electron chi connectivity index (χ3n) is 3.64. The molecule has 0 unspecified atom stereocenters. The Bertz CT molecular complexity index is 782. The lowest BCUT2D eigenvalue weighted by Gasteiger charge is -2.19. The van der Waals surface area contributed by atoms with Crippen molar-refractivity contribution in [3.05, 3.63) is 71.9 Å². The molecule has 3 rings (SSSR count). The van der Waals surface area contributed by atoms with Crippen molar-refractivity contribution in [1.82, 2.24) is 9.97 Å². The zero-order valence-electron chi connectivity index (χ0n) is 13.6. The molecule has 0 spiro atoms. The van der Waals surface area contributed by atoms with Crippen molar-refractivity contribution in [3.8, 4) is 0 Å². The van der Waals surface area contributed by atoms with Crippen LogP contribution in [0, 0.1) is 13.8 Å². The molecule has 0 saturated heterocycles. The van der Waals surface area contributed by atoms with Gasteiger partial charge in [0, 0.05) is 30.2 Å². The molecule has 116 valence electrons. The summed E-state index contributed by atoms with van der Waals surface area (Å²) in [5.74, 6) is 1.46.